The molecule has 0 aliphatic rings. The second-order valence-corrected chi connectivity index (χ2v) is 5.48. The average molecular weight is 348 g/mol. The molecule has 0 aliphatic carbocycles. The van der Waals surface area contributed by atoms with Crippen molar-refractivity contribution in [1.82, 2.24) is 0 Å². The van der Waals surface area contributed by atoms with E-state index in [2.05, 4.69) is 13.8 Å². The lowest BCUT2D eigenvalue weighted by Gasteiger charge is -2.15. The summed E-state index contributed by atoms with van der Waals surface area (Å²) in [6, 6.07) is 0. The van der Waals surface area contributed by atoms with Gasteiger partial charge in [0.15, 0.2) is 0 Å². The summed E-state index contributed by atoms with van der Waals surface area (Å²) in [7, 11) is -4.59. The van der Waals surface area contributed by atoms with Gasteiger partial charge in [0.25, 0.3) is 0 Å². The van der Waals surface area contributed by atoms with Gasteiger partial charge >= 0.3 is 13.3 Å². The summed E-state index contributed by atoms with van der Waals surface area (Å²) >= 11 is 0. The van der Waals surface area contributed by atoms with E-state index in [1.807, 2.05) is 0 Å². The lowest BCUT2D eigenvalue weighted by Crippen LogP contribution is -2.15. The average Bonchev–Trinajstić information content (AvgIpc) is 2.47. The van der Waals surface area contributed by atoms with Crippen molar-refractivity contribution in [2.75, 3.05) is 13.2 Å². The third-order valence-electron chi connectivity index (χ3n) is 2.18. The Balaban J connectivity index is 3.25. The molecule has 0 N–H and O–H groups in total. The van der Waals surface area contributed by atoms with Gasteiger partial charge < -0.3 is 13.8 Å². The molecule has 22 heavy (non-hydrogen) atoms. The minimum atomic E-state index is -4.59. The quantitative estimate of drug-likeness (QED) is 0.335. The predicted molar refractivity (Wildman–Crippen MR) is 63.1 cm³/mol. The van der Waals surface area contributed by atoms with Crippen LogP contribution in [0.2, 0.25) is 0 Å². The van der Waals surface area contributed by atoms with E-state index >= 15 is 0 Å². The molecule has 0 unspecified atom stereocenters. The van der Waals surface area contributed by atoms with Crippen molar-refractivity contribution in [3.63, 3.8) is 0 Å². The topological polar surface area (TPSA) is 61.8 Å². The van der Waals surface area contributed by atoms with Gasteiger partial charge in [-0.15, -0.1) is 0 Å². The fraction of sp³-hybridized carbons (Fsp3) is 0.364. The van der Waals surface area contributed by atoms with Crippen LogP contribution < -0.4 is 4.74 Å². The molecule has 5 nitrogen and oxygen atoms in total. The van der Waals surface area contributed by atoms with Gasteiger partial charge in [0.05, 0.1) is 13.2 Å². The van der Waals surface area contributed by atoms with Gasteiger partial charge in [0, 0.05) is 0 Å². The molecule has 0 bridgehead atoms. The van der Waals surface area contributed by atoms with E-state index in [9.17, 15) is 31.3 Å². The van der Waals surface area contributed by atoms with E-state index in [4.69, 9.17) is 0 Å². The Hall–Kier alpha value is -1.51. The summed E-state index contributed by atoms with van der Waals surface area (Å²) in [6.07, 6.45) is 0. The molecule has 1 rings (SSSR count). The smallest absolute Gasteiger partial charge is 0.411 e. The molecule has 0 fully saturated rings. The van der Waals surface area contributed by atoms with Gasteiger partial charge in [-0.3, -0.25) is 0 Å². The van der Waals surface area contributed by atoms with Crippen LogP contribution in [-0.4, -0.2) is 18.9 Å². The molecule has 0 aliphatic heterocycles. The maximum atomic E-state index is 13.4. The molecule has 1 aromatic rings. The first-order valence-corrected chi connectivity index (χ1v) is 7.36. The molecule has 11 heteroatoms. The summed E-state index contributed by atoms with van der Waals surface area (Å²) in [5.41, 5.74) is -1.90. The van der Waals surface area contributed by atoms with Crippen LogP contribution in [0.15, 0.2) is 0 Å². The molecular formula is C11H10F5O5P. The lowest BCUT2D eigenvalue weighted by molar-refractivity contribution is 0.182. The van der Waals surface area contributed by atoms with Crippen LogP contribution in [0, 0.1) is 29.1 Å². The van der Waals surface area contributed by atoms with Crippen molar-refractivity contribution in [1.29, 1.82) is 0 Å². The Labute approximate surface area is 121 Å². The fourth-order valence-electron chi connectivity index (χ4n) is 1.30. The Morgan fingerprint density at radius 3 is 1.59 bits per heavy atom. The number of hydrogen-bond acceptors (Lipinski definition) is 5. The molecule has 1 aromatic carbocycles. The van der Waals surface area contributed by atoms with Gasteiger partial charge in [-0.25, -0.2) is 22.5 Å². The first kappa shape index (κ1) is 18.5. The predicted octanol–water partition coefficient (Wildman–Crippen LogP) is 4.15. The standard InChI is InChI=1S/C11H10F5O5P/c1-3-19-22(18,20-4-2)11(17)21-10-8(15)6(13)5(12)7(14)9(10)16/h3-4H2,1-2H3. The maximum absolute atomic E-state index is 13.4. The van der Waals surface area contributed by atoms with Crippen molar-refractivity contribution in [3.8, 4) is 5.75 Å². The zero-order valence-electron chi connectivity index (χ0n) is 11.3. The third-order valence-corrected chi connectivity index (χ3v) is 3.92. The van der Waals surface area contributed by atoms with E-state index in [-0.39, 0.29) is 13.2 Å². The summed E-state index contributed by atoms with van der Waals surface area (Å²) in [6.45, 7) is 2.08. The van der Waals surface area contributed by atoms with Gasteiger partial charge in [0.2, 0.25) is 34.8 Å². The van der Waals surface area contributed by atoms with E-state index in [0.717, 1.165) is 0 Å². The Morgan fingerprint density at radius 2 is 1.23 bits per heavy atom. The number of hydrogen-bond donors (Lipinski definition) is 0. The van der Waals surface area contributed by atoms with Crippen LogP contribution in [-0.2, 0) is 13.6 Å². The maximum Gasteiger partial charge on any atom is 0.438 e. The second kappa shape index (κ2) is 7.17. The summed E-state index contributed by atoms with van der Waals surface area (Å²) < 4.78 is 90.5. The Morgan fingerprint density at radius 1 is 0.864 bits per heavy atom. The van der Waals surface area contributed by atoms with Crippen LogP contribution in [0.25, 0.3) is 0 Å². The van der Waals surface area contributed by atoms with Gasteiger partial charge in [0.1, 0.15) is 0 Å². The highest BCUT2D eigenvalue weighted by molar-refractivity contribution is 7.71. The minimum absolute atomic E-state index is 0.288. The van der Waals surface area contributed by atoms with Crippen LogP contribution in [0.4, 0.5) is 26.7 Å². The number of ether oxygens (including phenoxy) is 1. The van der Waals surface area contributed by atoms with Crippen LogP contribution in [0.1, 0.15) is 13.8 Å². The summed E-state index contributed by atoms with van der Waals surface area (Å²) in [5.74, 6) is -13.7. The van der Waals surface area contributed by atoms with Crippen LogP contribution in [0.5, 0.6) is 5.75 Å². The SMILES string of the molecule is CCOP(=O)(OCC)C(=O)Oc1c(F)c(F)c(F)c(F)c1F. The first-order valence-electron chi connectivity index (χ1n) is 5.82. The first-order chi connectivity index (χ1) is 10.2. The molecule has 124 valence electrons. The number of carbonyl (C=O) groups is 1. The van der Waals surface area contributed by atoms with E-state index in [1.165, 1.54) is 13.8 Å². The molecule has 0 radical (unpaired) electrons. The molecule has 0 saturated heterocycles. The fourth-order valence-corrected chi connectivity index (χ4v) is 2.47. The molecule has 0 heterocycles. The van der Waals surface area contributed by atoms with Crippen molar-refractivity contribution >= 4 is 13.3 Å². The zero-order valence-corrected chi connectivity index (χ0v) is 12.2. The van der Waals surface area contributed by atoms with Gasteiger partial charge in [-0.05, 0) is 13.8 Å². The molecule has 0 amide bonds. The highest BCUT2D eigenvalue weighted by Crippen LogP contribution is 2.50. The van der Waals surface area contributed by atoms with Crippen LogP contribution >= 0.6 is 7.60 Å². The van der Waals surface area contributed by atoms with E-state index in [0.29, 0.717) is 0 Å². The van der Waals surface area contributed by atoms with Gasteiger partial charge in [-0.1, -0.05) is 0 Å². The zero-order chi connectivity index (χ0) is 17.1. The normalized spacial score (nSPS) is 11.6. The Kier molecular flexibility index (Phi) is 6.04. The Bertz CT molecular complexity index is 597. The number of benzene rings is 1. The van der Waals surface area contributed by atoms with E-state index in [1.54, 1.807) is 0 Å². The van der Waals surface area contributed by atoms with Crippen molar-refractivity contribution < 1.29 is 45.1 Å². The molecule has 0 aromatic heterocycles. The van der Waals surface area contributed by atoms with E-state index < -0.39 is 48.1 Å². The second-order valence-electron chi connectivity index (χ2n) is 3.60. The number of carbonyl (C=O) groups excluding carboxylic acids is 1. The minimum Gasteiger partial charge on any atom is -0.411 e. The summed E-state index contributed by atoms with van der Waals surface area (Å²) in [5, 5.41) is 0. The van der Waals surface area contributed by atoms with Crippen molar-refractivity contribution in [3.05, 3.63) is 29.1 Å². The molecule has 0 atom stereocenters. The largest absolute Gasteiger partial charge is 0.438 e. The number of rotatable bonds is 6. The summed E-state index contributed by atoms with van der Waals surface area (Å²) in [4.78, 5) is 11.6. The van der Waals surface area contributed by atoms with Crippen LogP contribution in [0.3, 0.4) is 0 Å². The van der Waals surface area contributed by atoms with Crippen molar-refractivity contribution in [2.45, 2.75) is 13.8 Å². The number of halogens is 5. The highest BCUT2D eigenvalue weighted by Gasteiger charge is 2.39. The molecule has 0 spiro atoms. The third kappa shape index (κ3) is 3.45. The monoisotopic (exact) mass is 348 g/mol. The van der Waals surface area contributed by atoms with Crippen molar-refractivity contribution in [2.24, 2.45) is 0 Å². The van der Waals surface area contributed by atoms with Gasteiger partial charge in [-0.2, -0.15) is 8.78 Å². The lowest BCUT2D eigenvalue weighted by atomic mass is 10.3. The molecule has 0 saturated carbocycles. The molecular weight excluding hydrogens is 338 g/mol. The highest BCUT2D eigenvalue weighted by atomic mass is 31.2.